The number of aliphatic imine (C=N–C) groups is 1. The normalized spacial score (nSPS) is 11.3. The second-order valence-electron chi connectivity index (χ2n) is 2.92. The van der Waals surface area contributed by atoms with Crippen LogP contribution in [0, 0.1) is 0 Å². The van der Waals surface area contributed by atoms with Gasteiger partial charge in [0.1, 0.15) is 11.6 Å². The Hall–Kier alpha value is -1.55. The van der Waals surface area contributed by atoms with Crippen LogP contribution in [0.3, 0.4) is 0 Å². The Labute approximate surface area is 90.1 Å². The lowest BCUT2D eigenvalue weighted by molar-refractivity contribution is 0.340. The fourth-order valence-corrected chi connectivity index (χ4v) is 1.25. The summed E-state index contributed by atoms with van der Waals surface area (Å²) in [4.78, 5) is 4.23. The molecule has 0 saturated carbocycles. The van der Waals surface area contributed by atoms with Gasteiger partial charge in [-0.05, 0) is 38.1 Å². The molecule has 0 bridgehead atoms. The molecule has 4 heteroatoms. The number of nitrogens with one attached hydrogen (secondary N) is 1. The number of benzene rings is 1. The second kappa shape index (κ2) is 6.03. The van der Waals surface area contributed by atoms with Crippen LogP contribution < -0.4 is 16.0 Å². The topological polar surface area (TPSA) is 59.6 Å². The maximum absolute atomic E-state index is 5.38. The molecular formula is C11H17N3O. The van der Waals surface area contributed by atoms with Crippen molar-refractivity contribution in [2.45, 2.75) is 13.8 Å². The Kier molecular flexibility index (Phi) is 4.63. The molecule has 0 amide bonds. The lowest BCUT2D eigenvalue weighted by Crippen LogP contribution is -2.31. The first-order valence-corrected chi connectivity index (χ1v) is 5.06. The van der Waals surface area contributed by atoms with Crippen molar-refractivity contribution in [1.29, 1.82) is 0 Å². The van der Waals surface area contributed by atoms with E-state index in [1.807, 2.05) is 38.1 Å². The van der Waals surface area contributed by atoms with Gasteiger partial charge in [0.15, 0.2) is 0 Å². The van der Waals surface area contributed by atoms with Crippen LogP contribution in [0.25, 0.3) is 0 Å². The van der Waals surface area contributed by atoms with Gasteiger partial charge in [0.05, 0.1) is 6.61 Å². The zero-order chi connectivity index (χ0) is 11.1. The molecule has 3 N–H and O–H groups in total. The van der Waals surface area contributed by atoms with E-state index in [1.54, 1.807) is 0 Å². The van der Waals surface area contributed by atoms with Crippen molar-refractivity contribution in [3.8, 4) is 5.75 Å². The summed E-state index contributed by atoms with van der Waals surface area (Å²) in [6.45, 7) is 5.29. The standard InChI is InChI=1S/C11H17N3O/c1-3-13-11(14-12)9-5-7-10(8-6-9)15-4-2/h5-8H,3-4,12H2,1-2H3,(H,13,14). The fourth-order valence-electron chi connectivity index (χ4n) is 1.25. The molecule has 0 saturated heterocycles. The van der Waals surface area contributed by atoms with E-state index >= 15 is 0 Å². The maximum atomic E-state index is 5.38. The van der Waals surface area contributed by atoms with Crippen molar-refractivity contribution in [3.63, 3.8) is 0 Å². The SMILES string of the molecule is CCN=C(NN)c1ccc(OCC)cc1. The van der Waals surface area contributed by atoms with Crippen LogP contribution in [0.1, 0.15) is 19.4 Å². The van der Waals surface area contributed by atoms with Gasteiger partial charge >= 0.3 is 0 Å². The Morgan fingerprint density at radius 3 is 2.47 bits per heavy atom. The van der Waals surface area contributed by atoms with Crippen molar-refractivity contribution in [2.24, 2.45) is 10.8 Å². The van der Waals surface area contributed by atoms with E-state index in [-0.39, 0.29) is 0 Å². The van der Waals surface area contributed by atoms with Crippen molar-refractivity contribution in [2.75, 3.05) is 13.2 Å². The van der Waals surface area contributed by atoms with E-state index in [1.165, 1.54) is 0 Å². The number of hydrogen-bond donors (Lipinski definition) is 2. The molecule has 15 heavy (non-hydrogen) atoms. The van der Waals surface area contributed by atoms with Gasteiger partial charge < -0.3 is 10.2 Å². The summed E-state index contributed by atoms with van der Waals surface area (Å²) in [5, 5.41) is 0. The second-order valence-corrected chi connectivity index (χ2v) is 2.92. The van der Waals surface area contributed by atoms with Gasteiger partial charge in [-0.3, -0.25) is 4.99 Å². The van der Waals surface area contributed by atoms with E-state index in [2.05, 4.69) is 10.4 Å². The molecule has 0 fully saturated rings. The summed E-state index contributed by atoms with van der Waals surface area (Å²) >= 11 is 0. The molecule has 82 valence electrons. The average molecular weight is 207 g/mol. The van der Waals surface area contributed by atoms with Crippen LogP contribution >= 0.6 is 0 Å². The predicted octanol–water partition coefficient (Wildman–Crippen LogP) is 1.32. The first kappa shape index (κ1) is 11.5. The van der Waals surface area contributed by atoms with E-state index in [0.29, 0.717) is 19.0 Å². The third-order valence-corrected chi connectivity index (χ3v) is 1.89. The first-order chi connectivity index (χ1) is 7.31. The predicted molar refractivity (Wildman–Crippen MR) is 62.0 cm³/mol. The number of nitrogens with zero attached hydrogens (tertiary/aromatic N) is 1. The van der Waals surface area contributed by atoms with Crippen LogP contribution in [-0.4, -0.2) is 19.0 Å². The number of amidine groups is 1. The Bertz CT molecular complexity index is 319. The average Bonchev–Trinajstić information content (AvgIpc) is 2.28. The van der Waals surface area contributed by atoms with E-state index in [9.17, 15) is 0 Å². The van der Waals surface area contributed by atoms with Gasteiger partial charge in [-0.1, -0.05) is 0 Å². The van der Waals surface area contributed by atoms with Crippen molar-refractivity contribution in [1.82, 2.24) is 5.43 Å². The van der Waals surface area contributed by atoms with Crippen molar-refractivity contribution < 1.29 is 4.74 Å². The molecule has 0 spiro atoms. The molecule has 4 nitrogen and oxygen atoms in total. The number of ether oxygens (including phenoxy) is 1. The zero-order valence-corrected chi connectivity index (χ0v) is 9.16. The molecule has 0 aromatic heterocycles. The van der Waals surface area contributed by atoms with Crippen LogP contribution in [0.15, 0.2) is 29.3 Å². The largest absolute Gasteiger partial charge is 0.494 e. The molecule has 0 radical (unpaired) electrons. The van der Waals surface area contributed by atoms with Crippen LogP contribution in [-0.2, 0) is 0 Å². The third-order valence-electron chi connectivity index (χ3n) is 1.89. The molecule has 0 atom stereocenters. The van der Waals surface area contributed by atoms with Crippen molar-refractivity contribution >= 4 is 5.84 Å². The minimum atomic E-state index is 0.671. The van der Waals surface area contributed by atoms with Gasteiger partial charge in [0.2, 0.25) is 0 Å². The molecule has 0 unspecified atom stereocenters. The Morgan fingerprint density at radius 2 is 2.00 bits per heavy atom. The summed E-state index contributed by atoms with van der Waals surface area (Å²) in [7, 11) is 0. The smallest absolute Gasteiger partial charge is 0.142 e. The maximum Gasteiger partial charge on any atom is 0.142 e. The highest BCUT2D eigenvalue weighted by molar-refractivity contribution is 5.98. The van der Waals surface area contributed by atoms with Crippen LogP contribution in [0.5, 0.6) is 5.75 Å². The van der Waals surface area contributed by atoms with Crippen LogP contribution in [0.2, 0.25) is 0 Å². The van der Waals surface area contributed by atoms with E-state index in [4.69, 9.17) is 10.6 Å². The molecule has 1 aromatic carbocycles. The van der Waals surface area contributed by atoms with Crippen molar-refractivity contribution in [3.05, 3.63) is 29.8 Å². The first-order valence-electron chi connectivity index (χ1n) is 5.06. The summed E-state index contributed by atoms with van der Waals surface area (Å²) in [6, 6.07) is 7.67. The molecule has 0 aliphatic carbocycles. The molecule has 1 rings (SSSR count). The van der Waals surface area contributed by atoms with E-state index < -0.39 is 0 Å². The summed E-state index contributed by atoms with van der Waals surface area (Å²) in [6.07, 6.45) is 0. The number of hydrazine groups is 1. The monoisotopic (exact) mass is 207 g/mol. The quantitative estimate of drug-likeness (QED) is 0.339. The summed E-state index contributed by atoms with van der Waals surface area (Å²) in [5.41, 5.74) is 3.54. The van der Waals surface area contributed by atoms with Gasteiger partial charge in [-0.25, -0.2) is 5.84 Å². The minimum absolute atomic E-state index is 0.671. The lowest BCUT2D eigenvalue weighted by atomic mass is 10.2. The summed E-state index contributed by atoms with van der Waals surface area (Å²) in [5.74, 6) is 6.93. The molecule has 0 aliphatic rings. The fraction of sp³-hybridized carbons (Fsp3) is 0.364. The number of hydrogen-bond acceptors (Lipinski definition) is 3. The number of rotatable bonds is 4. The highest BCUT2D eigenvalue weighted by atomic mass is 16.5. The molecular weight excluding hydrogens is 190 g/mol. The molecule has 0 aliphatic heterocycles. The zero-order valence-electron chi connectivity index (χ0n) is 9.16. The Morgan fingerprint density at radius 1 is 1.33 bits per heavy atom. The molecule has 1 aromatic rings. The third kappa shape index (κ3) is 3.25. The lowest BCUT2D eigenvalue weighted by Gasteiger charge is -2.07. The van der Waals surface area contributed by atoms with Gasteiger partial charge in [0, 0.05) is 12.1 Å². The highest BCUT2D eigenvalue weighted by Crippen LogP contribution is 2.12. The van der Waals surface area contributed by atoms with E-state index in [0.717, 1.165) is 11.3 Å². The highest BCUT2D eigenvalue weighted by Gasteiger charge is 2.00. The van der Waals surface area contributed by atoms with Gasteiger partial charge in [-0.2, -0.15) is 0 Å². The minimum Gasteiger partial charge on any atom is -0.494 e. The number of nitrogens with two attached hydrogens (primary N) is 1. The molecule has 0 heterocycles. The Balaban J connectivity index is 2.82. The summed E-state index contributed by atoms with van der Waals surface area (Å²) < 4.78 is 5.34. The van der Waals surface area contributed by atoms with Gasteiger partial charge in [-0.15, -0.1) is 0 Å². The van der Waals surface area contributed by atoms with Gasteiger partial charge in [0.25, 0.3) is 0 Å². The van der Waals surface area contributed by atoms with Crippen LogP contribution in [0.4, 0.5) is 0 Å².